The molecule has 23 heavy (non-hydrogen) atoms. The second-order valence-electron chi connectivity index (χ2n) is 6.36. The van der Waals surface area contributed by atoms with Gasteiger partial charge in [0.25, 0.3) is 0 Å². The molecule has 0 spiro atoms. The number of ether oxygens (including phenoxy) is 2. The van der Waals surface area contributed by atoms with Gasteiger partial charge in [0.2, 0.25) is 0 Å². The summed E-state index contributed by atoms with van der Waals surface area (Å²) in [5.74, 6) is 1.81. The van der Waals surface area contributed by atoms with Crippen molar-refractivity contribution in [2.24, 2.45) is 10.9 Å². The first-order valence-corrected chi connectivity index (χ1v) is 9.07. The largest absolute Gasteiger partial charge is 0.379 e. The molecule has 2 rings (SSSR count). The van der Waals surface area contributed by atoms with Crippen molar-refractivity contribution in [3.63, 3.8) is 0 Å². The van der Waals surface area contributed by atoms with Crippen LogP contribution in [0.1, 0.15) is 52.4 Å². The highest BCUT2D eigenvalue weighted by Gasteiger charge is 2.36. The summed E-state index contributed by atoms with van der Waals surface area (Å²) in [6.07, 6.45) is 7.51. The van der Waals surface area contributed by atoms with E-state index in [1.807, 2.05) is 0 Å². The summed E-state index contributed by atoms with van der Waals surface area (Å²) in [4.78, 5) is 4.64. The lowest BCUT2D eigenvalue weighted by molar-refractivity contribution is 0.0171. The zero-order chi connectivity index (χ0) is 15.6. The van der Waals surface area contributed by atoms with Crippen LogP contribution in [0.25, 0.3) is 0 Å². The van der Waals surface area contributed by atoms with Crippen molar-refractivity contribution in [2.75, 3.05) is 32.9 Å². The van der Waals surface area contributed by atoms with Crippen LogP contribution in [-0.4, -0.2) is 51.0 Å². The molecule has 2 aliphatic rings. The molecule has 136 valence electrons. The molecule has 1 heterocycles. The Hall–Kier alpha value is -0.0800. The van der Waals surface area contributed by atoms with Gasteiger partial charge in [0, 0.05) is 32.3 Å². The van der Waals surface area contributed by atoms with Gasteiger partial charge < -0.3 is 20.1 Å². The highest BCUT2D eigenvalue weighted by Crippen LogP contribution is 2.34. The Balaban J connectivity index is 0.00000264. The highest BCUT2D eigenvalue weighted by molar-refractivity contribution is 14.0. The topological polar surface area (TPSA) is 54.9 Å². The van der Waals surface area contributed by atoms with Crippen molar-refractivity contribution >= 4 is 29.9 Å². The van der Waals surface area contributed by atoms with Crippen molar-refractivity contribution < 1.29 is 9.47 Å². The van der Waals surface area contributed by atoms with Crippen LogP contribution in [0, 0.1) is 5.92 Å². The average Bonchev–Trinajstić information content (AvgIpc) is 3.02. The lowest BCUT2D eigenvalue weighted by atomic mass is 10.2. The SMILES string of the molecule is CCCC1CC1NC(=NCCCOCC1CCCO1)NCC.I. The predicted octanol–water partition coefficient (Wildman–Crippen LogP) is 2.93. The quantitative estimate of drug-likeness (QED) is 0.238. The van der Waals surface area contributed by atoms with E-state index in [9.17, 15) is 0 Å². The molecule has 0 bridgehead atoms. The Morgan fingerprint density at radius 3 is 2.91 bits per heavy atom. The molecule has 0 aromatic rings. The molecule has 1 aliphatic carbocycles. The number of halogens is 1. The first-order chi connectivity index (χ1) is 10.8. The van der Waals surface area contributed by atoms with Crippen LogP contribution in [0.5, 0.6) is 0 Å². The first kappa shape index (κ1) is 21.0. The van der Waals surface area contributed by atoms with Crippen molar-refractivity contribution in [1.29, 1.82) is 0 Å². The Labute approximate surface area is 158 Å². The monoisotopic (exact) mass is 439 g/mol. The Bertz CT molecular complexity index is 336. The van der Waals surface area contributed by atoms with Crippen LogP contribution < -0.4 is 10.6 Å². The zero-order valence-electron chi connectivity index (χ0n) is 14.7. The third-order valence-electron chi connectivity index (χ3n) is 4.29. The summed E-state index contributed by atoms with van der Waals surface area (Å²) in [6, 6.07) is 0.633. The maximum atomic E-state index is 5.67. The molecule has 6 heteroatoms. The van der Waals surface area contributed by atoms with Crippen molar-refractivity contribution in [1.82, 2.24) is 10.6 Å². The van der Waals surface area contributed by atoms with Crippen LogP contribution in [0.3, 0.4) is 0 Å². The fraction of sp³-hybridized carbons (Fsp3) is 0.941. The summed E-state index contributed by atoms with van der Waals surface area (Å²) in [5.41, 5.74) is 0. The van der Waals surface area contributed by atoms with E-state index in [1.165, 1.54) is 25.7 Å². The molecule has 2 fully saturated rings. The second kappa shape index (κ2) is 12.3. The van der Waals surface area contributed by atoms with Crippen molar-refractivity contribution in [3.8, 4) is 0 Å². The van der Waals surface area contributed by atoms with Crippen LogP contribution in [0.15, 0.2) is 4.99 Å². The van der Waals surface area contributed by atoms with E-state index in [0.29, 0.717) is 12.1 Å². The van der Waals surface area contributed by atoms with Gasteiger partial charge in [-0.25, -0.2) is 0 Å². The number of hydrogen-bond donors (Lipinski definition) is 2. The molecule has 2 N–H and O–H groups in total. The second-order valence-corrected chi connectivity index (χ2v) is 6.36. The molecule has 1 saturated heterocycles. The minimum atomic E-state index is 0. The summed E-state index contributed by atoms with van der Waals surface area (Å²) >= 11 is 0. The van der Waals surface area contributed by atoms with Crippen LogP contribution in [0.2, 0.25) is 0 Å². The molecular weight excluding hydrogens is 405 g/mol. The van der Waals surface area contributed by atoms with Gasteiger partial charge in [-0.3, -0.25) is 4.99 Å². The van der Waals surface area contributed by atoms with E-state index < -0.39 is 0 Å². The smallest absolute Gasteiger partial charge is 0.191 e. The fourth-order valence-corrected chi connectivity index (χ4v) is 2.96. The average molecular weight is 439 g/mol. The fourth-order valence-electron chi connectivity index (χ4n) is 2.96. The summed E-state index contributed by atoms with van der Waals surface area (Å²) in [6.45, 7) is 8.49. The minimum Gasteiger partial charge on any atom is -0.379 e. The number of nitrogens with zero attached hydrogens (tertiary/aromatic N) is 1. The molecular formula is C17H34IN3O2. The van der Waals surface area contributed by atoms with Gasteiger partial charge in [-0.2, -0.15) is 0 Å². The molecule has 0 aromatic carbocycles. The number of guanidine groups is 1. The van der Waals surface area contributed by atoms with E-state index >= 15 is 0 Å². The van der Waals surface area contributed by atoms with Gasteiger partial charge in [-0.15, -0.1) is 24.0 Å². The molecule has 0 radical (unpaired) electrons. The Morgan fingerprint density at radius 1 is 1.35 bits per heavy atom. The lowest BCUT2D eigenvalue weighted by Gasteiger charge is -2.12. The maximum absolute atomic E-state index is 5.67. The Kier molecular flexibility index (Phi) is 11.2. The lowest BCUT2D eigenvalue weighted by Crippen LogP contribution is -2.39. The number of aliphatic imine (C=N–C) groups is 1. The maximum Gasteiger partial charge on any atom is 0.191 e. The summed E-state index contributed by atoms with van der Waals surface area (Å²) < 4.78 is 11.2. The number of rotatable bonds is 10. The molecule has 1 aliphatic heterocycles. The van der Waals surface area contributed by atoms with E-state index in [-0.39, 0.29) is 24.0 Å². The molecule has 3 atom stereocenters. The van der Waals surface area contributed by atoms with E-state index in [1.54, 1.807) is 0 Å². The molecule has 0 amide bonds. The van der Waals surface area contributed by atoms with Gasteiger partial charge in [-0.1, -0.05) is 13.3 Å². The van der Waals surface area contributed by atoms with Gasteiger partial charge >= 0.3 is 0 Å². The van der Waals surface area contributed by atoms with E-state index in [2.05, 4.69) is 29.5 Å². The molecule has 5 nitrogen and oxygen atoms in total. The van der Waals surface area contributed by atoms with E-state index in [0.717, 1.165) is 57.6 Å². The normalized spacial score (nSPS) is 26.7. The van der Waals surface area contributed by atoms with Crippen LogP contribution in [0.4, 0.5) is 0 Å². The van der Waals surface area contributed by atoms with Crippen LogP contribution in [-0.2, 0) is 9.47 Å². The summed E-state index contributed by atoms with van der Waals surface area (Å²) in [5, 5.41) is 6.87. The Morgan fingerprint density at radius 2 is 2.22 bits per heavy atom. The zero-order valence-corrected chi connectivity index (χ0v) is 17.0. The van der Waals surface area contributed by atoms with Crippen LogP contribution >= 0.6 is 24.0 Å². The van der Waals surface area contributed by atoms with Crippen molar-refractivity contribution in [3.05, 3.63) is 0 Å². The third kappa shape index (κ3) is 8.54. The van der Waals surface area contributed by atoms with Gasteiger partial charge in [0.1, 0.15) is 0 Å². The first-order valence-electron chi connectivity index (χ1n) is 9.07. The predicted molar refractivity (Wildman–Crippen MR) is 106 cm³/mol. The standard InChI is InChI=1S/C17H33N3O2.HI/c1-3-7-14-12-16(14)20-17(18-4-2)19-9-6-10-21-13-15-8-5-11-22-15;/h14-16H,3-13H2,1-2H3,(H2,18,19,20);1H. The van der Waals surface area contributed by atoms with Gasteiger partial charge in [0.05, 0.1) is 12.7 Å². The van der Waals surface area contributed by atoms with Gasteiger partial charge in [-0.05, 0) is 44.9 Å². The van der Waals surface area contributed by atoms with E-state index in [4.69, 9.17) is 9.47 Å². The third-order valence-corrected chi connectivity index (χ3v) is 4.29. The molecule has 3 unspecified atom stereocenters. The highest BCUT2D eigenvalue weighted by atomic mass is 127. The molecule has 1 saturated carbocycles. The van der Waals surface area contributed by atoms with Gasteiger partial charge in [0.15, 0.2) is 5.96 Å². The number of nitrogens with one attached hydrogen (secondary N) is 2. The van der Waals surface area contributed by atoms with Crippen molar-refractivity contribution in [2.45, 2.75) is 64.5 Å². The minimum absolute atomic E-state index is 0. The number of hydrogen-bond acceptors (Lipinski definition) is 3. The molecule has 0 aromatic heterocycles. The summed E-state index contributed by atoms with van der Waals surface area (Å²) in [7, 11) is 0.